The van der Waals surface area contributed by atoms with Gasteiger partial charge in [-0.15, -0.1) is 10.2 Å². The second kappa shape index (κ2) is 5.57. The minimum atomic E-state index is -0.326. The van der Waals surface area contributed by atoms with Crippen LogP contribution in [-0.4, -0.2) is 45.5 Å². The molecule has 1 aliphatic heterocycles. The number of pyridine rings is 1. The molecule has 3 heterocycles. The number of hydrogen-bond donors (Lipinski definition) is 1. The largest absolute Gasteiger partial charge is 0.345 e. The Labute approximate surface area is 125 Å². The SMILES string of the molecule is CN1C[C@H](C(=O)Nc2nnc(-c3cccnc3)s2)CC1=O. The minimum absolute atomic E-state index is 0.0107. The lowest BCUT2D eigenvalue weighted by molar-refractivity contribution is -0.127. The van der Waals surface area contributed by atoms with Crippen LogP contribution in [0.1, 0.15) is 6.42 Å². The first kappa shape index (κ1) is 13.6. The van der Waals surface area contributed by atoms with Crippen molar-refractivity contribution in [3.63, 3.8) is 0 Å². The summed E-state index contributed by atoms with van der Waals surface area (Å²) in [6.07, 6.45) is 3.62. The monoisotopic (exact) mass is 303 g/mol. The van der Waals surface area contributed by atoms with E-state index in [4.69, 9.17) is 0 Å². The lowest BCUT2D eigenvalue weighted by Gasteiger charge is -2.08. The van der Waals surface area contributed by atoms with Crippen LogP contribution in [0.2, 0.25) is 0 Å². The van der Waals surface area contributed by atoms with E-state index in [0.29, 0.717) is 16.7 Å². The first-order valence-corrected chi connectivity index (χ1v) is 7.24. The van der Waals surface area contributed by atoms with Gasteiger partial charge in [-0.1, -0.05) is 11.3 Å². The molecule has 3 rings (SSSR count). The van der Waals surface area contributed by atoms with Gasteiger partial charge < -0.3 is 10.2 Å². The average molecular weight is 303 g/mol. The van der Waals surface area contributed by atoms with Gasteiger partial charge in [-0.25, -0.2) is 0 Å². The van der Waals surface area contributed by atoms with Crippen LogP contribution in [-0.2, 0) is 9.59 Å². The third-order valence-electron chi connectivity index (χ3n) is 3.28. The van der Waals surface area contributed by atoms with Crippen LogP contribution >= 0.6 is 11.3 Å². The normalized spacial score (nSPS) is 18.0. The van der Waals surface area contributed by atoms with Gasteiger partial charge in [-0.3, -0.25) is 14.6 Å². The summed E-state index contributed by atoms with van der Waals surface area (Å²) in [5.41, 5.74) is 0.853. The highest BCUT2D eigenvalue weighted by Crippen LogP contribution is 2.26. The lowest BCUT2D eigenvalue weighted by atomic mass is 10.1. The van der Waals surface area contributed by atoms with E-state index in [1.807, 2.05) is 12.1 Å². The van der Waals surface area contributed by atoms with E-state index in [0.717, 1.165) is 5.56 Å². The Morgan fingerprint density at radius 3 is 3.00 bits per heavy atom. The molecule has 0 bridgehead atoms. The third-order valence-corrected chi connectivity index (χ3v) is 4.16. The van der Waals surface area contributed by atoms with Crippen LogP contribution in [0.15, 0.2) is 24.5 Å². The Morgan fingerprint density at radius 2 is 2.33 bits per heavy atom. The van der Waals surface area contributed by atoms with Gasteiger partial charge in [0.15, 0.2) is 5.01 Å². The molecule has 1 N–H and O–H groups in total. The van der Waals surface area contributed by atoms with Gasteiger partial charge in [-0.2, -0.15) is 0 Å². The zero-order valence-corrected chi connectivity index (χ0v) is 12.1. The molecule has 1 fully saturated rings. The van der Waals surface area contributed by atoms with Gasteiger partial charge in [0.25, 0.3) is 0 Å². The summed E-state index contributed by atoms with van der Waals surface area (Å²) < 4.78 is 0. The van der Waals surface area contributed by atoms with Crippen LogP contribution in [0.25, 0.3) is 10.6 Å². The van der Waals surface area contributed by atoms with E-state index >= 15 is 0 Å². The zero-order chi connectivity index (χ0) is 14.8. The summed E-state index contributed by atoms with van der Waals surface area (Å²) in [6.45, 7) is 0.443. The standard InChI is InChI=1S/C13H13N5O2S/c1-18-7-9(5-10(18)19)11(20)15-13-17-16-12(21-13)8-3-2-4-14-6-8/h2-4,6,9H,5,7H2,1H3,(H,15,17,20)/t9-/m1/s1. The molecule has 2 aromatic rings. The van der Waals surface area contributed by atoms with Crippen molar-refractivity contribution in [3.05, 3.63) is 24.5 Å². The summed E-state index contributed by atoms with van der Waals surface area (Å²) in [5.74, 6) is -0.529. The molecule has 2 aromatic heterocycles. The molecule has 0 aliphatic carbocycles. The highest BCUT2D eigenvalue weighted by molar-refractivity contribution is 7.18. The van der Waals surface area contributed by atoms with Crippen molar-refractivity contribution in [2.75, 3.05) is 18.9 Å². The van der Waals surface area contributed by atoms with Crippen molar-refractivity contribution in [1.29, 1.82) is 0 Å². The Hall–Kier alpha value is -2.35. The number of anilines is 1. The molecular formula is C13H13N5O2S. The summed E-state index contributed by atoms with van der Waals surface area (Å²) in [5, 5.41) is 11.8. The van der Waals surface area contributed by atoms with Crippen molar-refractivity contribution in [2.24, 2.45) is 5.92 Å². The molecule has 1 atom stereocenters. The van der Waals surface area contributed by atoms with Crippen molar-refractivity contribution >= 4 is 28.3 Å². The number of aromatic nitrogens is 3. The van der Waals surface area contributed by atoms with Gasteiger partial charge in [0.1, 0.15) is 0 Å². The molecule has 0 aromatic carbocycles. The molecule has 0 unspecified atom stereocenters. The van der Waals surface area contributed by atoms with E-state index in [1.165, 1.54) is 11.3 Å². The molecule has 1 aliphatic rings. The first-order chi connectivity index (χ1) is 10.1. The smallest absolute Gasteiger partial charge is 0.231 e. The number of carbonyl (C=O) groups excluding carboxylic acids is 2. The van der Waals surface area contributed by atoms with Crippen molar-refractivity contribution in [2.45, 2.75) is 6.42 Å². The fraction of sp³-hybridized carbons (Fsp3) is 0.308. The molecule has 2 amide bonds. The number of hydrogen-bond acceptors (Lipinski definition) is 6. The maximum absolute atomic E-state index is 12.1. The molecule has 0 saturated carbocycles. The molecule has 0 spiro atoms. The van der Waals surface area contributed by atoms with Gasteiger partial charge in [-0.05, 0) is 12.1 Å². The third kappa shape index (κ3) is 2.89. The first-order valence-electron chi connectivity index (χ1n) is 6.42. The number of nitrogens with one attached hydrogen (secondary N) is 1. The predicted molar refractivity (Wildman–Crippen MR) is 77.5 cm³/mol. The summed E-state index contributed by atoms with van der Waals surface area (Å²) >= 11 is 1.28. The van der Waals surface area contributed by atoms with Crippen LogP contribution in [0.5, 0.6) is 0 Å². The van der Waals surface area contributed by atoms with Crippen LogP contribution in [0, 0.1) is 5.92 Å². The fourth-order valence-corrected chi connectivity index (χ4v) is 2.86. The minimum Gasteiger partial charge on any atom is -0.345 e. The number of nitrogens with zero attached hydrogens (tertiary/aromatic N) is 4. The lowest BCUT2D eigenvalue weighted by Crippen LogP contribution is -2.25. The molecule has 21 heavy (non-hydrogen) atoms. The quantitative estimate of drug-likeness (QED) is 0.914. The average Bonchev–Trinajstić information content (AvgIpc) is 3.08. The van der Waals surface area contributed by atoms with E-state index in [2.05, 4.69) is 20.5 Å². The second-order valence-corrected chi connectivity index (χ2v) is 5.80. The van der Waals surface area contributed by atoms with Crippen LogP contribution in [0.3, 0.4) is 0 Å². The number of rotatable bonds is 3. The van der Waals surface area contributed by atoms with E-state index in [1.54, 1.807) is 24.3 Å². The highest BCUT2D eigenvalue weighted by Gasteiger charge is 2.32. The van der Waals surface area contributed by atoms with Crippen LogP contribution in [0.4, 0.5) is 5.13 Å². The van der Waals surface area contributed by atoms with E-state index in [-0.39, 0.29) is 24.2 Å². The van der Waals surface area contributed by atoms with Gasteiger partial charge in [0.05, 0.1) is 5.92 Å². The number of likely N-dealkylation sites (tertiary alicyclic amines) is 1. The molecular weight excluding hydrogens is 290 g/mol. The van der Waals surface area contributed by atoms with E-state index < -0.39 is 0 Å². The van der Waals surface area contributed by atoms with E-state index in [9.17, 15) is 9.59 Å². The molecule has 0 radical (unpaired) electrons. The maximum atomic E-state index is 12.1. The predicted octanol–water partition coefficient (Wildman–Crippen LogP) is 1.02. The maximum Gasteiger partial charge on any atom is 0.231 e. The fourth-order valence-electron chi connectivity index (χ4n) is 2.13. The Balaban J connectivity index is 1.68. The Kier molecular flexibility index (Phi) is 3.61. The summed E-state index contributed by atoms with van der Waals surface area (Å²) in [7, 11) is 1.70. The number of amides is 2. The molecule has 1 saturated heterocycles. The van der Waals surface area contributed by atoms with Gasteiger partial charge in [0, 0.05) is 38.0 Å². The van der Waals surface area contributed by atoms with Gasteiger partial charge >= 0.3 is 0 Å². The summed E-state index contributed by atoms with van der Waals surface area (Å²) in [4.78, 5) is 29.1. The Bertz CT molecular complexity index is 672. The van der Waals surface area contributed by atoms with Crippen molar-refractivity contribution in [1.82, 2.24) is 20.1 Å². The molecule has 7 nitrogen and oxygen atoms in total. The van der Waals surface area contributed by atoms with Crippen LogP contribution < -0.4 is 5.32 Å². The highest BCUT2D eigenvalue weighted by atomic mass is 32.1. The number of carbonyl (C=O) groups is 2. The summed E-state index contributed by atoms with van der Waals surface area (Å²) in [6, 6.07) is 3.69. The van der Waals surface area contributed by atoms with Crippen molar-refractivity contribution < 1.29 is 9.59 Å². The molecule has 8 heteroatoms. The van der Waals surface area contributed by atoms with Gasteiger partial charge in [0.2, 0.25) is 16.9 Å². The Morgan fingerprint density at radius 1 is 1.48 bits per heavy atom. The van der Waals surface area contributed by atoms with Crippen molar-refractivity contribution in [3.8, 4) is 10.6 Å². The topological polar surface area (TPSA) is 88.1 Å². The zero-order valence-electron chi connectivity index (χ0n) is 11.3. The molecule has 108 valence electrons. The second-order valence-electron chi connectivity index (χ2n) is 4.82.